The van der Waals surface area contributed by atoms with Crippen molar-refractivity contribution >= 4 is 9.20 Å². The van der Waals surface area contributed by atoms with Crippen molar-refractivity contribution in [1.82, 2.24) is 4.57 Å². The van der Waals surface area contributed by atoms with Gasteiger partial charge in [-0.05, 0) is 25.6 Å². The Morgan fingerprint density at radius 2 is 1.58 bits per heavy atom. The first-order chi connectivity index (χ1) is 5.50. The van der Waals surface area contributed by atoms with Crippen LogP contribution in [0.2, 0.25) is 6.55 Å². The van der Waals surface area contributed by atoms with Gasteiger partial charge < -0.3 is 8.99 Å². The van der Waals surface area contributed by atoms with E-state index in [4.69, 9.17) is 4.43 Å². The maximum atomic E-state index is 5.69. The molecule has 0 amide bonds. The van der Waals surface area contributed by atoms with Crippen LogP contribution in [0.25, 0.3) is 0 Å². The molecule has 0 aromatic carbocycles. The Kier molecular flexibility index (Phi) is 5.79. The maximum absolute atomic E-state index is 5.69. The van der Waals surface area contributed by atoms with Crippen molar-refractivity contribution in [2.75, 3.05) is 6.61 Å². The fourth-order valence-electron chi connectivity index (χ4n) is 1.76. The zero-order valence-electron chi connectivity index (χ0n) is 9.29. The molecule has 2 nitrogen and oxygen atoms in total. The molecule has 0 fully saturated rings. The minimum atomic E-state index is -1.10. The Morgan fingerprint density at radius 3 is 1.83 bits per heavy atom. The molecule has 0 saturated heterocycles. The highest BCUT2D eigenvalue weighted by Gasteiger charge is 2.21. The molecular weight excluding hydrogens is 166 g/mol. The van der Waals surface area contributed by atoms with E-state index in [-0.39, 0.29) is 0 Å². The highest BCUT2D eigenvalue weighted by molar-refractivity contribution is 6.47. The Morgan fingerprint density at radius 1 is 1.17 bits per heavy atom. The van der Waals surface area contributed by atoms with Crippen molar-refractivity contribution in [1.29, 1.82) is 0 Å². The predicted molar refractivity (Wildman–Crippen MR) is 56.8 cm³/mol. The molecule has 0 spiro atoms. The molecule has 1 atom stereocenters. The van der Waals surface area contributed by atoms with Crippen molar-refractivity contribution in [2.45, 2.75) is 53.2 Å². The highest BCUT2D eigenvalue weighted by Crippen LogP contribution is 2.08. The summed E-state index contributed by atoms with van der Waals surface area (Å²) in [6.45, 7) is 14.1. The second kappa shape index (κ2) is 5.73. The summed E-state index contributed by atoms with van der Waals surface area (Å²) in [4.78, 5) is 0. The minimum absolute atomic E-state index is 0.609. The van der Waals surface area contributed by atoms with Gasteiger partial charge in [0.15, 0.2) is 0 Å². The Hall–Kier alpha value is 0.137. The van der Waals surface area contributed by atoms with Crippen LogP contribution >= 0.6 is 0 Å². The first kappa shape index (κ1) is 12.1. The molecule has 0 aliphatic rings. The summed E-state index contributed by atoms with van der Waals surface area (Å²) in [5.74, 6) is 0. The lowest BCUT2D eigenvalue weighted by Crippen LogP contribution is -2.48. The van der Waals surface area contributed by atoms with Gasteiger partial charge in [-0.1, -0.05) is 27.7 Å². The molecule has 0 aliphatic heterocycles. The van der Waals surface area contributed by atoms with Gasteiger partial charge in [-0.2, -0.15) is 0 Å². The van der Waals surface area contributed by atoms with Gasteiger partial charge >= 0.3 is 0 Å². The van der Waals surface area contributed by atoms with E-state index in [1.165, 1.54) is 0 Å². The van der Waals surface area contributed by atoms with Gasteiger partial charge in [0.1, 0.15) is 0 Å². The maximum Gasteiger partial charge on any atom is 0.252 e. The molecule has 12 heavy (non-hydrogen) atoms. The van der Waals surface area contributed by atoms with E-state index in [1.54, 1.807) is 0 Å². The van der Waals surface area contributed by atoms with E-state index in [0.717, 1.165) is 6.61 Å². The fourth-order valence-corrected chi connectivity index (χ4v) is 4.10. The first-order valence-electron chi connectivity index (χ1n) is 4.89. The van der Waals surface area contributed by atoms with Gasteiger partial charge in [0.05, 0.1) is 0 Å². The summed E-state index contributed by atoms with van der Waals surface area (Å²) >= 11 is 0. The number of hydrogen-bond donors (Lipinski definition) is 0. The molecule has 0 heterocycles. The molecule has 0 N–H and O–H groups in total. The molecule has 74 valence electrons. The SMILES string of the molecule is CCO[SiH](C)N(C(C)C)C(C)C. The lowest BCUT2D eigenvalue weighted by molar-refractivity contribution is 0.222. The van der Waals surface area contributed by atoms with Crippen molar-refractivity contribution in [2.24, 2.45) is 0 Å². The molecule has 3 heteroatoms. The zero-order chi connectivity index (χ0) is 9.72. The predicted octanol–water partition coefficient (Wildman–Crippen LogP) is 1.99. The van der Waals surface area contributed by atoms with E-state index in [2.05, 4.69) is 45.7 Å². The summed E-state index contributed by atoms with van der Waals surface area (Å²) in [7, 11) is -1.10. The van der Waals surface area contributed by atoms with Crippen molar-refractivity contribution in [3.8, 4) is 0 Å². The lowest BCUT2D eigenvalue weighted by atomic mass is 10.3. The van der Waals surface area contributed by atoms with Crippen LogP contribution in [-0.4, -0.2) is 32.5 Å². The lowest BCUT2D eigenvalue weighted by Gasteiger charge is -2.34. The first-order valence-corrected chi connectivity index (χ1v) is 7.04. The van der Waals surface area contributed by atoms with Crippen molar-refractivity contribution < 1.29 is 4.43 Å². The molecule has 0 aromatic rings. The van der Waals surface area contributed by atoms with Crippen molar-refractivity contribution in [3.05, 3.63) is 0 Å². The second-order valence-corrected chi connectivity index (χ2v) is 5.82. The number of nitrogens with zero attached hydrogens (tertiary/aromatic N) is 1. The summed E-state index contributed by atoms with van der Waals surface area (Å²) in [5.41, 5.74) is 0. The summed E-state index contributed by atoms with van der Waals surface area (Å²) in [6.07, 6.45) is 0. The van der Waals surface area contributed by atoms with Gasteiger partial charge in [0.25, 0.3) is 9.20 Å². The van der Waals surface area contributed by atoms with Gasteiger partial charge in [-0.25, -0.2) is 0 Å². The molecule has 0 saturated carbocycles. The Labute approximate surface area is 78.7 Å². The quantitative estimate of drug-likeness (QED) is 0.613. The molecular formula is C9H23NOSi. The van der Waals surface area contributed by atoms with Crippen LogP contribution in [0.1, 0.15) is 34.6 Å². The Balaban J connectivity index is 4.09. The fraction of sp³-hybridized carbons (Fsp3) is 1.00. The average molecular weight is 189 g/mol. The van der Waals surface area contributed by atoms with E-state index in [9.17, 15) is 0 Å². The van der Waals surface area contributed by atoms with Gasteiger partial charge in [-0.3, -0.25) is 0 Å². The number of rotatable bonds is 5. The standard InChI is InChI=1S/C9H23NOSi/c1-7-11-12(6)10(8(2)3)9(4)5/h8-9,12H,7H2,1-6H3. The highest BCUT2D eigenvalue weighted by atomic mass is 28.3. The summed E-state index contributed by atoms with van der Waals surface area (Å²) < 4.78 is 8.19. The van der Waals surface area contributed by atoms with Crippen LogP contribution in [0, 0.1) is 0 Å². The van der Waals surface area contributed by atoms with E-state index >= 15 is 0 Å². The summed E-state index contributed by atoms with van der Waals surface area (Å²) in [5, 5.41) is 0. The normalized spacial score (nSPS) is 14.8. The molecule has 0 aromatic heterocycles. The third-order valence-corrected chi connectivity index (χ3v) is 4.87. The Bertz CT molecular complexity index is 109. The molecule has 0 bridgehead atoms. The van der Waals surface area contributed by atoms with Gasteiger partial charge in [-0.15, -0.1) is 0 Å². The zero-order valence-corrected chi connectivity index (χ0v) is 10.4. The topological polar surface area (TPSA) is 12.5 Å². The third kappa shape index (κ3) is 3.69. The van der Waals surface area contributed by atoms with Crippen molar-refractivity contribution in [3.63, 3.8) is 0 Å². The van der Waals surface area contributed by atoms with Gasteiger partial charge in [0, 0.05) is 6.61 Å². The van der Waals surface area contributed by atoms with E-state index < -0.39 is 9.20 Å². The monoisotopic (exact) mass is 189 g/mol. The third-order valence-electron chi connectivity index (χ3n) is 2.02. The van der Waals surface area contributed by atoms with E-state index in [1.807, 2.05) is 0 Å². The summed E-state index contributed by atoms with van der Waals surface area (Å²) in [6, 6.07) is 1.22. The van der Waals surface area contributed by atoms with Crippen LogP contribution < -0.4 is 0 Å². The van der Waals surface area contributed by atoms with Gasteiger partial charge in [0.2, 0.25) is 0 Å². The average Bonchev–Trinajstić information content (AvgIpc) is 1.85. The molecule has 1 unspecified atom stereocenters. The van der Waals surface area contributed by atoms with Crippen LogP contribution in [0.3, 0.4) is 0 Å². The number of hydrogen-bond acceptors (Lipinski definition) is 2. The molecule has 0 rings (SSSR count). The van der Waals surface area contributed by atoms with Crippen LogP contribution in [0.4, 0.5) is 0 Å². The molecule has 0 radical (unpaired) electrons. The van der Waals surface area contributed by atoms with E-state index in [0.29, 0.717) is 12.1 Å². The largest absolute Gasteiger partial charge is 0.406 e. The smallest absolute Gasteiger partial charge is 0.252 e. The van der Waals surface area contributed by atoms with Crippen LogP contribution in [0.5, 0.6) is 0 Å². The second-order valence-electron chi connectivity index (χ2n) is 3.69. The molecule has 0 aliphatic carbocycles. The van der Waals surface area contributed by atoms with Crippen LogP contribution in [0.15, 0.2) is 0 Å². The minimum Gasteiger partial charge on any atom is -0.406 e. The van der Waals surface area contributed by atoms with Crippen LogP contribution in [-0.2, 0) is 4.43 Å².